The number of hydrogen-bond acceptors (Lipinski definition) is 4. The van der Waals surface area contributed by atoms with Crippen LogP contribution in [0.4, 0.5) is 0 Å². The second kappa shape index (κ2) is 7.24. The fourth-order valence-corrected chi connectivity index (χ4v) is 1.69. The number of nitrogens with two attached hydrogens (primary N) is 1. The zero-order valence-corrected chi connectivity index (χ0v) is 10.2. The lowest BCUT2D eigenvalue weighted by Gasteiger charge is -2.11. The number of hydrogen-bond donors (Lipinski definition) is 2. The minimum absolute atomic E-state index is 0.0918. The molecule has 0 unspecified atom stereocenters. The molecule has 0 bridgehead atoms. The average Bonchev–Trinajstić information content (AvgIpc) is 2.34. The first-order chi connectivity index (χ1) is 7.74. The van der Waals surface area contributed by atoms with Crippen LogP contribution >= 0.6 is 11.8 Å². The summed E-state index contributed by atoms with van der Waals surface area (Å²) in [5.41, 5.74) is 6.76. The van der Waals surface area contributed by atoms with Gasteiger partial charge in [-0.25, -0.2) is 0 Å². The van der Waals surface area contributed by atoms with Crippen molar-refractivity contribution in [3.05, 3.63) is 30.1 Å². The van der Waals surface area contributed by atoms with Gasteiger partial charge < -0.3 is 11.1 Å². The van der Waals surface area contributed by atoms with E-state index in [9.17, 15) is 4.79 Å². The quantitative estimate of drug-likeness (QED) is 0.769. The Hall–Kier alpha value is -1.07. The van der Waals surface area contributed by atoms with E-state index in [-0.39, 0.29) is 5.91 Å². The molecule has 0 saturated carbocycles. The maximum Gasteiger partial charge on any atom is 0.237 e. The van der Waals surface area contributed by atoms with Crippen LogP contribution in [0, 0.1) is 0 Å². The lowest BCUT2D eigenvalue weighted by Crippen LogP contribution is -2.40. The van der Waals surface area contributed by atoms with E-state index < -0.39 is 6.04 Å². The summed E-state index contributed by atoms with van der Waals surface area (Å²) < 4.78 is 0. The number of rotatable bonds is 6. The summed E-state index contributed by atoms with van der Waals surface area (Å²) >= 11 is 1.69. The third kappa shape index (κ3) is 4.63. The lowest BCUT2D eigenvalue weighted by molar-refractivity contribution is -0.122. The average molecular weight is 239 g/mol. The molecule has 3 N–H and O–H groups in total. The molecule has 1 rings (SSSR count). The molecular weight excluding hydrogens is 222 g/mol. The molecule has 0 aromatic carbocycles. The van der Waals surface area contributed by atoms with Crippen molar-refractivity contribution in [2.45, 2.75) is 19.0 Å². The number of aromatic nitrogens is 1. The third-order valence-electron chi connectivity index (χ3n) is 2.19. The molecule has 1 atom stereocenters. The summed E-state index contributed by atoms with van der Waals surface area (Å²) in [4.78, 5) is 15.5. The highest BCUT2D eigenvalue weighted by atomic mass is 32.2. The molecule has 5 heteroatoms. The highest BCUT2D eigenvalue weighted by molar-refractivity contribution is 7.98. The largest absolute Gasteiger partial charge is 0.351 e. The van der Waals surface area contributed by atoms with Gasteiger partial charge in [0, 0.05) is 18.9 Å². The molecule has 1 aromatic rings. The topological polar surface area (TPSA) is 68.0 Å². The van der Waals surface area contributed by atoms with Crippen LogP contribution in [0.2, 0.25) is 0 Å². The zero-order valence-electron chi connectivity index (χ0n) is 9.35. The van der Waals surface area contributed by atoms with E-state index >= 15 is 0 Å². The van der Waals surface area contributed by atoms with Crippen LogP contribution in [0.15, 0.2) is 24.5 Å². The van der Waals surface area contributed by atoms with Crippen molar-refractivity contribution in [1.82, 2.24) is 10.3 Å². The molecule has 0 aliphatic carbocycles. The zero-order chi connectivity index (χ0) is 11.8. The maximum absolute atomic E-state index is 11.6. The summed E-state index contributed by atoms with van der Waals surface area (Å²) in [7, 11) is 0. The number of carbonyl (C=O) groups excluding carboxylic acids is 1. The minimum Gasteiger partial charge on any atom is -0.351 e. The van der Waals surface area contributed by atoms with Crippen molar-refractivity contribution in [3.63, 3.8) is 0 Å². The first-order valence-corrected chi connectivity index (χ1v) is 6.54. The number of nitrogens with zero attached hydrogens (tertiary/aromatic N) is 1. The van der Waals surface area contributed by atoms with Gasteiger partial charge in [-0.1, -0.05) is 0 Å². The van der Waals surface area contributed by atoms with Crippen molar-refractivity contribution in [3.8, 4) is 0 Å². The minimum atomic E-state index is -0.408. The van der Waals surface area contributed by atoms with Gasteiger partial charge in [0.2, 0.25) is 5.91 Å². The Balaban J connectivity index is 2.29. The second-order valence-corrected chi connectivity index (χ2v) is 4.45. The highest BCUT2D eigenvalue weighted by Crippen LogP contribution is 2.00. The molecule has 4 nitrogen and oxygen atoms in total. The molecule has 1 amide bonds. The Labute approximate surface area is 100 Å². The Morgan fingerprint density at radius 1 is 1.56 bits per heavy atom. The Bertz CT molecular complexity index is 318. The monoisotopic (exact) mass is 239 g/mol. The number of pyridine rings is 1. The fraction of sp³-hybridized carbons (Fsp3) is 0.455. The van der Waals surface area contributed by atoms with Crippen LogP contribution in [-0.2, 0) is 11.3 Å². The predicted molar refractivity (Wildman–Crippen MR) is 67.1 cm³/mol. The van der Waals surface area contributed by atoms with Crippen LogP contribution in [0.25, 0.3) is 0 Å². The SMILES string of the molecule is CSCC[C@H](N)C(=O)NCc1ccncc1. The Morgan fingerprint density at radius 2 is 2.25 bits per heavy atom. The van der Waals surface area contributed by atoms with E-state index in [0.29, 0.717) is 13.0 Å². The van der Waals surface area contributed by atoms with Gasteiger partial charge in [-0.15, -0.1) is 0 Å². The van der Waals surface area contributed by atoms with Gasteiger partial charge in [0.05, 0.1) is 6.04 Å². The van der Waals surface area contributed by atoms with Crippen LogP contribution in [0.5, 0.6) is 0 Å². The summed E-state index contributed by atoms with van der Waals surface area (Å²) in [5, 5.41) is 2.81. The highest BCUT2D eigenvalue weighted by Gasteiger charge is 2.11. The summed E-state index contributed by atoms with van der Waals surface area (Å²) in [6, 6.07) is 3.33. The fourth-order valence-electron chi connectivity index (χ4n) is 1.20. The van der Waals surface area contributed by atoms with Crippen LogP contribution < -0.4 is 11.1 Å². The van der Waals surface area contributed by atoms with E-state index in [1.54, 1.807) is 24.2 Å². The molecule has 0 aliphatic heterocycles. The van der Waals surface area contributed by atoms with Gasteiger partial charge in [-0.05, 0) is 36.1 Å². The standard InChI is InChI=1S/C11H17N3OS/c1-16-7-4-10(12)11(15)14-8-9-2-5-13-6-3-9/h2-3,5-6,10H,4,7-8,12H2,1H3,(H,14,15)/t10-/m0/s1. The van der Waals surface area contributed by atoms with Gasteiger partial charge >= 0.3 is 0 Å². The van der Waals surface area contributed by atoms with Crippen LogP contribution in [0.1, 0.15) is 12.0 Å². The van der Waals surface area contributed by atoms with Crippen molar-refractivity contribution >= 4 is 17.7 Å². The summed E-state index contributed by atoms with van der Waals surface area (Å²) in [6.07, 6.45) is 6.12. The van der Waals surface area contributed by atoms with Crippen molar-refractivity contribution in [1.29, 1.82) is 0 Å². The maximum atomic E-state index is 11.6. The molecular formula is C11H17N3OS. The first kappa shape index (κ1) is 13.0. The predicted octanol–water partition coefficient (Wildman–Crippen LogP) is 0.778. The van der Waals surface area contributed by atoms with E-state index in [2.05, 4.69) is 10.3 Å². The molecule has 0 saturated heterocycles. The van der Waals surface area contributed by atoms with Gasteiger partial charge in [-0.2, -0.15) is 11.8 Å². The van der Waals surface area contributed by atoms with Gasteiger partial charge in [-0.3, -0.25) is 9.78 Å². The molecule has 0 fully saturated rings. The summed E-state index contributed by atoms with van der Waals surface area (Å²) in [6.45, 7) is 0.508. The van der Waals surface area contributed by atoms with Gasteiger partial charge in [0.25, 0.3) is 0 Å². The molecule has 1 aromatic heterocycles. The smallest absolute Gasteiger partial charge is 0.237 e. The number of thioether (sulfide) groups is 1. The number of nitrogens with one attached hydrogen (secondary N) is 1. The van der Waals surface area contributed by atoms with E-state index in [4.69, 9.17) is 5.73 Å². The van der Waals surface area contributed by atoms with Crippen molar-refractivity contribution in [2.24, 2.45) is 5.73 Å². The third-order valence-corrected chi connectivity index (χ3v) is 2.83. The summed E-state index contributed by atoms with van der Waals surface area (Å²) in [5.74, 6) is 0.815. The van der Waals surface area contributed by atoms with E-state index in [0.717, 1.165) is 11.3 Å². The van der Waals surface area contributed by atoms with Gasteiger partial charge in [0.1, 0.15) is 0 Å². The molecule has 0 spiro atoms. The van der Waals surface area contributed by atoms with Gasteiger partial charge in [0.15, 0.2) is 0 Å². The van der Waals surface area contributed by atoms with E-state index in [1.807, 2.05) is 18.4 Å². The normalized spacial score (nSPS) is 12.1. The number of carbonyl (C=O) groups is 1. The molecule has 0 radical (unpaired) electrons. The first-order valence-electron chi connectivity index (χ1n) is 5.15. The molecule has 0 aliphatic rings. The molecule has 88 valence electrons. The lowest BCUT2D eigenvalue weighted by atomic mass is 10.2. The second-order valence-electron chi connectivity index (χ2n) is 3.46. The van der Waals surface area contributed by atoms with Crippen molar-refractivity contribution in [2.75, 3.05) is 12.0 Å². The van der Waals surface area contributed by atoms with Crippen molar-refractivity contribution < 1.29 is 4.79 Å². The number of amides is 1. The van der Waals surface area contributed by atoms with Crippen LogP contribution in [-0.4, -0.2) is 28.9 Å². The van der Waals surface area contributed by atoms with E-state index in [1.165, 1.54) is 0 Å². The molecule has 1 heterocycles. The van der Waals surface area contributed by atoms with Crippen LogP contribution in [0.3, 0.4) is 0 Å². The Morgan fingerprint density at radius 3 is 2.88 bits per heavy atom. The Kier molecular flexibility index (Phi) is 5.88. The molecule has 16 heavy (non-hydrogen) atoms.